The molecule has 12 heteroatoms. The van der Waals surface area contributed by atoms with Gasteiger partial charge in [-0.2, -0.15) is 18.4 Å². The molecule has 1 saturated heterocycles. The topological polar surface area (TPSA) is 97.2 Å². The molecule has 1 unspecified atom stereocenters. The summed E-state index contributed by atoms with van der Waals surface area (Å²) in [6, 6.07) is 4.10. The Morgan fingerprint density at radius 1 is 1.30 bits per heavy atom. The second kappa shape index (κ2) is 12.4. The molecule has 3 heterocycles. The van der Waals surface area contributed by atoms with Gasteiger partial charge in [-0.1, -0.05) is 19.1 Å². The number of carbonyl (C=O) groups excluding carboxylic acids is 1. The van der Waals surface area contributed by atoms with E-state index in [9.17, 15) is 23.2 Å². The monoisotopic (exact) mass is 615 g/mol. The number of allylic oxidation sites excluding steroid dienone is 4. The molecular weight excluding hydrogens is 575 g/mol. The molecule has 1 atom stereocenters. The normalized spacial score (nSPS) is 25.2. The van der Waals surface area contributed by atoms with Gasteiger partial charge in [0.15, 0.2) is 0 Å². The van der Waals surface area contributed by atoms with Crippen molar-refractivity contribution in [1.82, 2.24) is 25.1 Å². The lowest BCUT2D eigenvalue weighted by Crippen LogP contribution is -2.75. The molecule has 0 aromatic carbocycles. The fourth-order valence-corrected chi connectivity index (χ4v) is 8.17. The van der Waals surface area contributed by atoms with Crippen LogP contribution in [-0.2, 0) is 11.2 Å². The Labute approximate surface area is 255 Å². The van der Waals surface area contributed by atoms with Gasteiger partial charge in [-0.3, -0.25) is 9.69 Å². The van der Waals surface area contributed by atoms with E-state index in [-0.39, 0.29) is 33.9 Å². The molecule has 3 aliphatic carbocycles. The minimum absolute atomic E-state index is 0.00453. The van der Waals surface area contributed by atoms with E-state index in [2.05, 4.69) is 43.4 Å². The van der Waals surface area contributed by atoms with Crippen LogP contribution in [0.3, 0.4) is 0 Å². The number of carbonyl (C=O) groups is 1. The predicted molar refractivity (Wildman–Crippen MR) is 162 cm³/mol. The van der Waals surface area contributed by atoms with Gasteiger partial charge >= 0.3 is 6.18 Å². The molecule has 8 nitrogen and oxygen atoms in total. The summed E-state index contributed by atoms with van der Waals surface area (Å²) in [6.45, 7) is 8.36. The van der Waals surface area contributed by atoms with Crippen LogP contribution in [0.5, 0.6) is 0 Å². The van der Waals surface area contributed by atoms with Gasteiger partial charge in [-0.25, -0.2) is 9.97 Å². The summed E-state index contributed by atoms with van der Waals surface area (Å²) in [7, 11) is 0. The molecule has 1 amide bonds. The number of alkyl halides is 3. The van der Waals surface area contributed by atoms with E-state index < -0.39 is 12.6 Å². The number of hydrogen-bond donors (Lipinski definition) is 2. The Hall–Kier alpha value is -3.17. The number of piperidine rings is 1. The number of nitriles is 1. The molecule has 2 aromatic rings. The first kappa shape index (κ1) is 31.3. The number of nitrogens with one attached hydrogen (secondary N) is 2. The molecule has 4 aliphatic rings. The minimum atomic E-state index is -4.26. The number of anilines is 1. The number of hydrogen-bond acceptors (Lipinski definition) is 8. The maximum Gasteiger partial charge on any atom is 0.393 e. The summed E-state index contributed by atoms with van der Waals surface area (Å²) in [5.74, 6) is 0.698. The molecule has 2 bridgehead atoms. The number of thiophene rings is 1. The molecule has 0 spiro atoms. The molecule has 3 saturated carbocycles. The summed E-state index contributed by atoms with van der Waals surface area (Å²) >= 11 is 1.06. The molecule has 6 rings (SSSR count). The van der Waals surface area contributed by atoms with Crippen molar-refractivity contribution in [3.63, 3.8) is 0 Å². The van der Waals surface area contributed by atoms with Gasteiger partial charge in [0.25, 0.3) is 0 Å². The van der Waals surface area contributed by atoms with Crippen LogP contribution in [0.25, 0.3) is 10.2 Å². The number of rotatable bonds is 12. The Morgan fingerprint density at radius 2 is 2.02 bits per heavy atom. The van der Waals surface area contributed by atoms with Crippen LogP contribution >= 0.6 is 11.3 Å². The second-order valence-electron chi connectivity index (χ2n) is 12.4. The molecule has 2 aromatic heterocycles. The SMILES string of the molecule is C/C=C\C=C(\C#N)N(CCC12CC(NC(=O)CC)(C1)C2)C(C)N1CCC(Nc2ncnc3sc(CC(F)(F)F)cc23)CC1. The first-order valence-electron chi connectivity index (χ1n) is 15.1. The van der Waals surface area contributed by atoms with E-state index in [1.807, 2.05) is 32.1 Å². The summed E-state index contributed by atoms with van der Waals surface area (Å²) in [4.78, 5) is 25.8. The number of likely N-dealkylation sites (tertiary alicyclic amines) is 1. The smallest absolute Gasteiger partial charge is 0.367 e. The third-order valence-electron chi connectivity index (χ3n) is 9.22. The zero-order chi connectivity index (χ0) is 30.8. The highest BCUT2D eigenvalue weighted by molar-refractivity contribution is 7.18. The van der Waals surface area contributed by atoms with Crippen molar-refractivity contribution in [2.45, 2.75) is 96.1 Å². The maximum absolute atomic E-state index is 12.9. The van der Waals surface area contributed by atoms with Crippen LogP contribution in [0.1, 0.15) is 70.6 Å². The van der Waals surface area contributed by atoms with E-state index in [0.717, 1.165) is 69.5 Å². The van der Waals surface area contributed by atoms with Crippen LogP contribution in [0, 0.1) is 16.7 Å². The number of aromatic nitrogens is 2. The standard InChI is InChI=1S/C31H40F3N7OS/c1-4-6-7-23(16-35)41(13-10-29-17-30(18-29,19-29)39-26(42)5-2)21(3)40-11-8-22(9-12-40)38-27-25-14-24(15-31(32,33)34)43-28(25)37-20-36-27/h4,6-7,14,20-22H,5,8-13,15,17-19H2,1-3H3,(H,39,42)(H,36,37,38)/b6-4-,23-7-. The lowest BCUT2D eigenvalue weighted by molar-refractivity contribution is -0.170. The largest absolute Gasteiger partial charge is 0.393 e. The van der Waals surface area contributed by atoms with Crippen LogP contribution in [-0.4, -0.2) is 69.2 Å². The van der Waals surface area contributed by atoms with Gasteiger partial charge in [0.1, 0.15) is 28.7 Å². The first-order valence-corrected chi connectivity index (χ1v) is 15.9. The van der Waals surface area contributed by atoms with Crippen LogP contribution in [0.15, 0.2) is 36.3 Å². The van der Waals surface area contributed by atoms with Crippen molar-refractivity contribution in [2.24, 2.45) is 5.41 Å². The zero-order valence-corrected chi connectivity index (χ0v) is 25.8. The third-order valence-corrected chi connectivity index (χ3v) is 10.3. The molecule has 1 aliphatic heterocycles. The van der Waals surface area contributed by atoms with E-state index in [1.54, 1.807) is 6.07 Å². The Morgan fingerprint density at radius 3 is 2.65 bits per heavy atom. The predicted octanol–water partition coefficient (Wildman–Crippen LogP) is 6.14. The van der Waals surface area contributed by atoms with E-state index in [1.165, 1.54) is 6.33 Å². The highest BCUT2D eigenvalue weighted by Gasteiger charge is 2.67. The number of nitrogens with zero attached hydrogens (tertiary/aromatic N) is 5. The average Bonchev–Trinajstić information content (AvgIpc) is 3.34. The minimum Gasteiger partial charge on any atom is -0.367 e. The van der Waals surface area contributed by atoms with Crippen molar-refractivity contribution in [3.8, 4) is 6.07 Å². The quantitative estimate of drug-likeness (QED) is 0.219. The van der Waals surface area contributed by atoms with E-state index >= 15 is 0 Å². The molecule has 0 radical (unpaired) electrons. The average molecular weight is 616 g/mol. The van der Waals surface area contributed by atoms with Gasteiger partial charge < -0.3 is 15.5 Å². The van der Waals surface area contributed by atoms with Gasteiger partial charge in [0.2, 0.25) is 5.91 Å². The van der Waals surface area contributed by atoms with Crippen molar-refractivity contribution >= 4 is 33.3 Å². The van der Waals surface area contributed by atoms with E-state index in [0.29, 0.717) is 28.2 Å². The van der Waals surface area contributed by atoms with Crippen molar-refractivity contribution < 1.29 is 18.0 Å². The lowest BCUT2D eigenvalue weighted by atomic mass is 9.38. The van der Waals surface area contributed by atoms with Crippen molar-refractivity contribution in [1.29, 1.82) is 5.26 Å². The highest BCUT2D eigenvalue weighted by atomic mass is 32.1. The highest BCUT2D eigenvalue weighted by Crippen LogP contribution is 2.69. The van der Waals surface area contributed by atoms with Crippen molar-refractivity contribution in [3.05, 3.63) is 41.2 Å². The van der Waals surface area contributed by atoms with Gasteiger partial charge in [0, 0.05) is 42.5 Å². The fraction of sp³-hybridized carbons (Fsp3) is 0.613. The Balaban J connectivity index is 1.20. The summed E-state index contributed by atoms with van der Waals surface area (Å²) in [6.07, 6.45) is 8.11. The maximum atomic E-state index is 12.9. The Kier molecular flexibility index (Phi) is 9.05. The molecular formula is C31H40F3N7OS. The van der Waals surface area contributed by atoms with Crippen molar-refractivity contribution in [2.75, 3.05) is 25.0 Å². The van der Waals surface area contributed by atoms with Crippen LogP contribution in [0.4, 0.5) is 19.0 Å². The molecule has 43 heavy (non-hydrogen) atoms. The van der Waals surface area contributed by atoms with Gasteiger partial charge in [-0.05, 0) is 69.9 Å². The number of amides is 1. The first-order chi connectivity index (χ1) is 20.5. The molecule has 232 valence electrons. The van der Waals surface area contributed by atoms with Gasteiger partial charge in [0.05, 0.1) is 18.0 Å². The Bertz CT molecular complexity index is 1400. The van der Waals surface area contributed by atoms with Crippen LogP contribution < -0.4 is 10.6 Å². The fourth-order valence-electron chi connectivity index (χ4n) is 7.14. The lowest BCUT2D eigenvalue weighted by Gasteiger charge is -2.71. The van der Waals surface area contributed by atoms with Gasteiger partial charge in [-0.15, -0.1) is 11.3 Å². The zero-order valence-electron chi connectivity index (χ0n) is 25.0. The summed E-state index contributed by atoms with van der Waals surface area (Å²) < 4.78 is 38.8. The number of fused-ring (bicyclic) bond motifs is 1. The number of halogens is 3. The summed E-state index contributed by atoms with van der Waals surface area (Å²) in [5, 5.41) is 17.4. The molecule has 2 N–H and O–H groups in total. The summed E-state index contributed by atoms with van der Waals surface area (Å²) in [5.41, 5.74) is 0.888. The molecule has 4 fully saturated rings. The van der Waals surface area contributed by atoms with E-state index in [4.69, 9.17) is 0 Å². The second-order valence-corrected chi connectivity index (χ2v) is 13.5. The third kappa shape index (κ3) is 6.99. The van der Waals surface area contributed by atoms with Crippen LogP contribution in [0.2, 0.25) is 0 Å².